The van der Waals surface area contributed by atoms with Gasteiger partial charge in [0.05, 0.1) is 0 Å². The van der Waals surface area contributed by atoms with Crippen molar-refractivity contribution < 1.29 is 0 Å². The van der Waals surface area contributed by atoms with Crippen LogP contribution in [0.4, 0.5) is 0 Å². The van der Waals surface area contributed by atoms with Gasteiger partial charge in [-0.2, -0.15) is 0 Å². The number of hydrogen-bond acceptors (Lipinski definition) is 0. The second kappa shape index (κ2) is 9.21. The maximum Gasteiger partial charge on any atom is -0.00201 e. The van der Waals surface area contributed by atoms with Crippen LogP contribution in [0.25, 0.3) is 0 Å². The zero-order valence-corrected chi connectivity index (χ0v) is 20.0. The summed E-state index contributed by atoms with van der Waals surface area (Å²) in [5.74, 6) is 0.582. The SMILES string of the molecule is CCc1cc(C(C)C)ccc1Cc1ccc(C)c(Cc2ccccc2C(C)(C)C)c1. The molecule has 0 saturated heterocycles. The van der Waals surface area contributed by atoms with Gasteiger partial charge in [-0.25, -0.2) is 0 Å². The van der Waals surface area contributed by atoms with Gasteiger partial charge in [-0.05, 0) is 82.0 Å². The van der Waals surface area contributed by atoms with Gasteiger partial charge in [-0.15, -0.1) is 0 Å². The molecule has 0 aliphatic carbocycles. The molecule has 0 aliphatic rings. The normalized spacial score (nSPS) is 11.9. The van der Waals surface area contributed by atoms with Crippen molar-refractivity contribution in [2.24, 2.45) is 0 Å². The fraction of sp³-hybridized carbons (Fsp3) is 0.400. The van der Waals surface area contributed by atoms with E-state index in [1.807, 2.05) is 0 Å². The van der Waals surface area contributed by atoms with E-state index in [-0.39, 0.29) is 5.41 Å². The number of aryl methyl sites for hydroxylation is 2. The first-order valence-electron chi connectivity index (χ1n) is 11.5. The molecule has 3 aromatic carbocycles. The second-order valence-electron chi connectivity index (χ2n) is 10.1. The number of benzene rings is 3. The highest BCUT2D eigenvalue weighted by Gasteiger charge is 2.18. The maximum absolute atomic E-state index is 2.44. The van der Waals surface area contributed by atoms with E-state index in [2.05, 4.69) is 109 Å². The Kier molecular flexibility index (Phi) is 6.86. The summed E-state index contributed by atoms with van der Waals surface area (Å²) in [6.07, 6.45) is 3.10. The average molecular weight is 399 g/mol. The van der Waals surface area contributed by atoms with Gasteiger partial charge in [0.2, 0.25) is 0 Å². The van der Waals surface area contributed by atoms with Crippen molar-refractivity contribution in [1.29, 1.82) is 0 Å². The molecule has 0 amide bonds. The third-order valence-electron chi connectivity index (χ3n) is 6.29. The molecule has 0 unspecified atom stereocenters. The molecular weight excluding hydrogens is 360 g/mol. The zero-order valence-electron chi connectivity index (χ0n) is 20.0. The predicted octanol–water partition coefficient (Wildman–Crippen LogP) is 8.16. The van der Waals surface area contributed by atoms with Crippen molar-refractivity contribution in [3.63, 3.8) is 0 Å². The molecule has 0 fully saturated rings. The predicted molar refractivity (Wildman–Crippen MR) is 132 cm³/mol. The standard InChI is InChI=1S/C30H38/c1-8-24-19-25(21(2)3)15-16-26(24)17-23-14-13-22(4)28(18-23)20-27-11-9-10-12-29(27)30(5,6)7/h9-16,18-19,21H,8,17,20H2,1-7H3. The fourth-order valence-electron chi connectivity index (χ4n) is 4.36. The van der Waals surface area contributed by atoms with Gasteiger partial charge in [0.25, 0.3) is 0 Å². The van der Waals surface area contributed by atoms with Crippen molar-refractivity contribution in [2.75, 3.05) is 0 Å². The Morgan fingerprint density at radius 2 is 1.47 bits per heavy atom. The fourth-order valence-corrected chi connectivity index (χ4v) is 4.36. The third kappa shape index (κ3) is 5.22. The topological polar surface area (TPSA) is 0 Å². The zero-order chi connectivity index (χ0) is 21.9. The summed E-state index contributed by atoms with van der Waals surface area (Å²) in [5.41, 5.74) is 11.7. The molecule has 158 valence electrons. The van der Waals surface area contributed by atoms with Crippen LogP contribution in [-0.2, 0) is 24.7 Å². The lowest BCUT2D eigenvalue weighted by atomic mass is 9.81. The van der Waals surface area contributed by atoms with Crippen molar-refractivity contribution in [1.82, 2.24) is 0 Å². The first-order chi connectivity index (χ1) is 14.2. The van der Waals surface area contributed by atoms with Crippen LogP contribution < -0.4 is 0 Å². The Labute approximate surface area is 184 Å². The summed E-state index contributed by atoms with van der Waals surface area (Å²) in [6.45, 7) is 16.0. The largest absolute Gasteiger partial charge is 0.0620 e. The first-order valence-corrected chi connectivity index (χ1v) is 11.5. The van der Waals surface area contributed by atoms with E-state index in [1.165, 1.54) is 44.5 Å². The van der Waals surface area contributed by atoms with Gasteiger partial charge < -0.3 is 0 Å². The van der Waals surface area contributed by atoms with Gasteiger partial charge in [0.1, 0.15) is 0 Å². The molecule has 0 spiro atoms. The summed E-state index contributed by atoms with van der Waals surface area (Å²) in [7, 11) is 0. The Hall–Kier alpha value is -2.34. The van der Waals surface area contributed by atoms with E-state index in [0.29, 0.717) is 5.92 Å². The monoisotopic (exact) mass is 398 g/mol. The summed E-state index contributed by atoms with van der Waals surface area (Å²) in [6, 6.07) is 23.1. The van der Waals surface area contributed by atoms with Crippen LogP contribution in [0.15, 0.2) is 60.7 Å². The minimum Gasteiger partial charge on any atom is -0.0620 e. The van der Waals surface area contributed by atoms with E-state index in [9.17, 15) is 0 Å². The van der Waals surface area contributed by atoms with Gasteiger partial charge in [-0.3, -0.25) is 0 Å². The average Bonchev–Trinajstić information content (AvgIpc) is 2.70. The molecule has 0 nitrogen and oxygen atoms in total. The summed E-state index contributed by atoms with van der Waals surface area (Å²) in [5, 5.41) is 0. The highest BCUT2D eigenvalue weighted by Crippen LogP contribution is 2.29. The summed E-state index contributed by atoms with van der Waals surface area (Å²) in [4.78, 5) is 0. The van der Waals surface area contributed by atoms with Crippen molar-refractivity contribution in [3.8, 4) is 0 Å². The summed E-state index contributed by atoms with van der Waals surface area (Å²) < 4.78 is 0. The molecule has 0 atom stereocenters. The van der Waals surface area contributed by atoms with Crippen LogP contribution >= 0.6 is 0 Å². The van der Waals surface area contributed by atoms with Gasteiger partial charge >= 0.3 is 0 Å². The lowest BCUT2D eigenvalue weighted by Crippen LogP contribution is -2.14. The molecule has 0 radical (unpaired) electrons. The maximum atomic E-state index is 2.44. The van der Waals surface area contributed by atoms with Crippen LogP contribution in [0, 0.1) is 6.92 Å². The minimum atomic E-state index is 0.163. The summed E-state index contributed by atoms with van der Waals surface area (Å²) >= 11 is 0. The molecule has 30 heavy (non-hydrogen) atoms. The molecular formula is C30H38. The molecule has 3 rings (SSSR count). The van der Waals surface area contributed by atoms with E-state index >= 15 is 0 Å². The molecule has 3 aromatic rings. The highest BCUT2D eigenvalue weighted by molar-refractivity contribution is 5.43. The van der Waals surface area contributed by atoms with Crippen LogP contribution in [0.1, 0.15) is 92.0 Å². The molecule has 0 saturated carbocycles. The smallest absolute Gasteiger partial charge is 0.00201 e. The first kappa shape index (κ1) is 22.3. The van der Waals surface area contributed by atoms with Crippen LogP contribution in [0.5, 0.6) is 0 Å². The molecule has 0 heteroatoms. The van der Waals surface area contributed by atoms with Crippen molar-refractivity contribution in [3.05, 3.63) is 105 Å². The third-order valence-corrected chi connectivity index (χ3v) is 6.29. The van der Waals surface area contributed by atoms with Crippen LogP contribution in [-0.4, -0.2) is 0 Å². The Bertz CT molecular complexity index is 999. The van der Waals surface area contributed by atoms with Crippen LogP contribution in [0.3, 0.4) is 0 Å². The number of hydrogen-bond donors (Lipinski definition) is 0. The van der Waals surface area contributed by atoms with Crippen molar-refractivity contribution in [2.45, 2.75) is 79.1 Å². The van der Waals surface area contributed by atoms with E-state index < -0.39 is 0 Å². The lowest BCUT2D eigenvalue weighted by molar-refractivity contribution is 0.584. The van der Waals surface area contributed by atoms with E-state index in [4.69, 9.17) is 0 Å². The molecule has 0 bridgehead atoms. The van der Waals surface area contributed by atoms with Gasteiger partial charge in [0.15, 0.2) is 0 Å². The Morgan fingerprint density at radius 3 is 2.13 bits per heavy atom. The van der Waals surface area contributed by atoms with Gasteiger partial charge in [-0.1, -0.05) is 102 Å². The quantitative estimate of drug-likeness (QED) is 0.393. The minimum absolute atomic E-state index is 0.163. The Balaban J connectivity index is 1.91. The van der Waals surface area contributed by atoms with Gasteiger partial charge in [0, 0.05) is 0 Å². The molecule has 0 aromatic heterocycles. The number of rotatable bonds is 6. The van der Waals surface area contributed by atoms with Crippen LogP contribution in [0.2, 0.25) is 0 Å². The molecule has 0 N–H and O–H groups in total. The van der Waals surface area contributed by atoms with E-state index in [0.717, 1.165) is 19.3 Å². The van der Waals surface area contributed by atoms with Crippen molar-refractivity contribution >= 4 is 0 Å². The van der Waals surface area contributed by atoms with E-state index in [1.54, 1.807) is 0 Å². The Morgan fingerprint density at radius 1 is 0.733 bits per heavy atom. The molecule has 0 heterocycles. The highest BCUT2D eigenvalue weighted by atomic mass is 14.2. The molecule has 0 aliphatic heterocycles. The lowest BCUT2D eigenvalue weighted by Gasteiger charge is -2.23. The second-order valence-corrected chi connectivity index (χ2v) is 10.1.